The molecule has 2 rings (SSSR count). The number of aliphatic carboxylic acids is 1. The minimum absolute atomic E-state index is 0.173. The van der Waals surface area contributed by atoms with Crippen LogP contribution in [0.25, 0.3) is 0 Å². The van der Waals surface area contributed by atoms with Crippen LogP contribution in [-0.2, 0) is 4.79 Å². The zero-order valence-corrected chi connectivity index (χ0v) is 10.7. The number of hydrogen-bond donors (Lipinski definition) is 2. The molecule has 0 amide bonds. The van der Waals surface area contributed by atoms with Crippen molar-refractivity contribution in [2.24, 2.45) is 11.7 Å². The first kappa shape index (κ1) is 12.8. The number of carboxylic acid groups (broad SMARTS) is 1. The molecule has 1 aliphatic carbocycles. The Morgan fingerprint density at radius 2 is 2.12 bits per heavy atom. The molecule has 2 unspecified atom stereocenters. The molecule has 0 aromatic carbocycles. The predicted molar refractivity (Wildman–Crippen MR) is 65.8 cm³/mol. The van der Waals surface area contributed by atoms with Gasteiger partial charge < -0.3 is 15.7 Å². The number of carbonyl (C=O) groups is 1. The average molecular weight is 241 g/mol. The van der Waals surface area contributed by atoms with Crippen molar-refractivity contribution in [1.82, 2.24) is 9.80 Å². The van der Waals surface area contributed by atoms with Gasteiger partial charge in [0.15, 0.2) is 0 Å². The molecule has 1 heterocycles. The maximum atomic E-state index is 11.4. The molecule has 2 atom stereocenters. The van der Waals surface area contributed by atoms with Gasteiger partial charge in [0.05, 0.1) is 0 Å². The molecule has 1 saturated heterocycles. The molecular formula is C12H23N3O2. The number of carboxylic acids is 1. The summed E-state index contributed by atoms with van der Waals surface area (Å²) in [6, 6.07) is 0.384. The Kier molecular flexibility index (Phi) is 3.43. The monoisotopic (exact) mass is 241 g/mol. The number of hydrogen-bond acceptors (Lipinski definition) is 4. The molecule has 0 spiro atoms. The van der Waals surface area contributed by atoms with Gasteiger partial charge >= 0.3 is 5.97 Å². The van der Waals surface area contributed by atoms with Crippen LogP contribution in [0.1, 0.15) is 19.8 Å². The Morgan fingerprint density at radius 3 is 2.59 bits per heavy atom. The van der Waals surface area contributed by atoms with Crippen molar-refractivity contribution in [3.05, 3.63) is 0 Å². The highest BCUT2D eigenvalue weighted by Gasteiger charge is 2.49. The van der Waals surface area contributed by atoms with Crippen molar-refractivity contribution in [2.75, 3.05) is 33.2 Å². The van der Waals surface area contributed by atoms with Gasteiger partial charge in [-0.25, -0.2) is 0 Å². The van der Waals surface area contributed by atoms with Crippen LogP contribution in [0.2, 0.25) is 0 Å². The molecule has 0 aromatic rings. The van der Waals surface area contributed by atoms with E-state index in [9.17, 15) is 9.90 Å². The second kappa shape index (κ2) is 4.55. The highest BCUT2D eigenvalue weighted by molar-refractivity contribution is 5.79. The zero-order chi connectivity index (χ0) is 12.6. The SMILES string of the molecule is CC1CN(C)CCN1CC(N)(C(=O)O)C1CC1. The fraction of sp³-hybridized carbons (Fsp3) is 0.917. The van der Waals surface area contributed by atoms with E-state index in [1.54, 1.807) is 0 Å². The van der Waals surface area contributed by atoms with Crippen LogP contribution in [0.3, 0.4) is 0 Å². The first-order valence-electron chi connectivity index (χ1n) is 6.38. The summed E-state index contributed by atoms with van der Waals surface area (Å²) in [5, 5.41) is 9.35. The van der Waals surface area contributed by atoms with Crippen molar-refractivity contribution in [3.8, 4) is 0 Å². The summed E-state index contributed by atoms with van der Waals surface area (Å²) in [6.07, 6.45) is 1.93. The first-order valence-corrected chi connectivity index (χ1v) is 6.38. The van der Waals surface area contributed by atoms with Crippen LogP contribution in [0.15, 0.2) is 0 Å². The second-order valence-electron chi connectivity index (χ2n) is 5.70. The lowest BCUT2D eigenvalue weighted by molar-refractivity contribution is -0.145. The third-order valence-corrected chi connectivity index (χ3v) is 4.14. The smallest absolute Gasteiger partial charge is 0.325 e. The van der Waals surface area contributed by atoms with Crippen molar-refractivity contribution in [1.29, 1.82) is 0 Å². The Hall–Kier alpha value is -0.650. The summed E-state index contributed by atoms with van der Waals surface area (Å²) >= 11 is 0. The van der Waals surface area contributed by atoms with E-state index in [1.807, 2.05) is 0 Å². The Labute approximate surface area is 103 Å². The standard InChI is InChI=1S/C12H23N3O2/c1-9-7-14(2)5-6-15(9)8-12(13,11(16)17)10-3-4-10/h9-10H,3-8,13H2,1-2H3,(H,16,17). The number of nitrogens with zero attached hydrogens (tertiary/aromatic N) is 2. The van der Waals surface area contributed by atoms with Crippen LogP contribution in [-0.4, -0.2) is 65.7 Å². The van der Waals surface area contributed by atoms with E-state index in [0.29, 0.717) is 12.6 Å². The Morgan fingerprint density at radius 1 is 1.47 bits per heavy atom. The third-order valence-electron chi connectivity index (χ3n) is 4.14. The lowest BCUT2D eigenvalue weighted by Gasteiger charge is -2.41. The summed E-state index contributed by atoms with van der Waals surface area (Å²) in [5.41, 5.74) is 5.08. The molecular weight excluding hydrogens is 218 g/mol. The largest absolute Gasteiger partial charge is 0.480 e. The molecule has 1 aliphatic heterocycles. The van der Waals surface area contributed by atoms with Gasteiger partial charge in [-0.3, -0.25) is 9.69 Å². The van der Waals surface area contributed by atoms with E-state index < -0.39 is 11.5 Å². The third kappa shape index (κ3) is 2.61. The molecule has 0 bridgehead atoms. The van der Waals surface area contributed by atoms with Gasteiger partial charge in [-0.15, -0.1) is 0 Å². The van der Waals surface area contributed by atoms with Gasteiger partial charge in [0, 0.05) is 32.2 Å². The summed E-state index contributed by atoms with van der Waals surface area (Å²) in [7, 11) is 2.10. The van der Waals surface area contributed by atoms with Gasteiger partial charge in [0.1, 0.15) is 5.54 Å². The Balaban J connectivity index is 2.01. The summed E-state index contributed by atoms with van der Waals surface area (Å²) in [4.78, 5) is 15.9. The molecule has 2 fully saturated rings. The molecule has 5 nitrogen and oxygen atoms in total. The quantitative estimate of drug-likeness (QED) is 0.714. The van der Waals surface area contributed by atoms with Crippen LogP contribution in [0.4, 0.5) is 0 Å². The van der Waals surface area contributed by atoms with Crippen molar-refractivity contribution >= 4 is 5.97 Å². The van der Waals surface area contributed by atoms with Crippen LogP contribution in [0.5, 0.6) is 0 Å². The van der Waals surface area contributed by atoms with E-state index in [0.717, 1.165) is 32.5 Å². The summed E-state index contributed by atoms with van der Waals surface area (Å²) in [5.74, 6) is -0.669. The minimum atomic E-state index is -1.04. The van der Waals surface area contributed by atoms with Crippen LogP contribution in [0, 0.1) is 5.92 Å². The molecule has 0 aromatic heterocycles. The molecule has 1 saturated carbocycles. The van der Waals surface area contributed by atoms with Crippen molar-refractivity contribution in [2.45, 2.75) is 31.3 Å². The second-order valence-corrected chi connectivity index (χ2v) is 5.70. The lowest BCUT2D eigenvalue weighted by atomic mass is 9.93. The van der Waals surface area contributed by atoms with Gasteiger partial charge in [-0.2, -0.15) is 0 Å². The first-order chi connectivity index (χ1) is 7.93. The van der Waals surface area contributed by atoms with Crippen molar-refractivity contribution in [3.63, 3.8) is 0 Å². The summed E-state index contributed by atoms with van der Waals surface area (Å²) < 4.78 is 0. The maximum absolute atomic E-state index is 11.4. The highest BCUT2D eigenvalue weighted by Crippen LogP contribution is 2.39. The van der Waals surface area contributed by atoms with Crippen LogP contribution >= 0.6 is 0 Å². The lowest BCUT2D eigenvalue weighted by Crippen LogP contribution is -2.62. The van der Waals surface area contributed by atoms with Gasteiger partial charge in [0.25, 0.3) is 0 Å². The van der Waals surface area contributed by atoms with Crippen LogP contribution < -0.4 is 5.73 Å². The highest BCUT2D eigenvalue weighted by atomic mass is 16.4. The van der Waals surface area contributed by atoms with E-state index in [-0.39, 0.29) is 5.92 Å². The van der Waals surface area contributed by atoms with E-state index in [4.69, 9.17) is 5.73 Å². The molecule has 17 heavy (non-hydrogen) atoms. The zero-order valence-electron chi connectivity index (χ0n) is 10.7. The Bertz CT molecular complexity index is 306. The normalized spacial score (nSPS) is 31.1. The predicted octanol–water partition coefficient (Wildman–Crippen LogP) is -0.186. The number of rotatable bonds is 4. The average Bonchev–Trinajstić information content (AvgIpc) is 3.05. The van der Waals surface area contributed by atoms with Gasteiger partial charge in [-0.1, -0.05) is 0 Å². The summed E-state index contributed by atoms with van der Waals surface area (Å²) in [6.45, 7) is 5.52. The van der Waals surface area contributed by atoms with Crippen molar-refractivity contribution < 1.29 is 9.90 Å². The van der Waals surface area contributed by atoms with E-state index in [1.165, 1.54) is 0 Å². The molecule has 2 aliphatic rings. The fourth-order valence-corrected chi connectivity index (χ4v) is 2.72. The number of nitrogens with two attached hydrogens (primary N) is 1. The van der Waals surface area contributed by atoms with E-state index >= 15 is 0 Å². The van der Waals surface area contributed by atoms with E-state index in [2.05, 4.69) is 23.8 Å². The number of likely N-dealkylation sites (N-methyl/N-ethyl adjacent to an activating group) is 1. The molecule has 3 N–H and O–H groups in total. The molecule has 0 radical (unpaired) electrons. The maximum Gasteiger partial charge on any atom is 0.325 e. The number of piperazine rings is 1. The molecule has 5 heteroatoms. The minimum Gasteiger partial charge on any atom is -0.480 e. The fourth-order valence-electron chi connectivity index (χ4n) is 2.72. The van der Waals surface area contributed by atoms with Gasteiger partial charge in [-0.05, 0) is 32.7 Å². The topological polar surface area (TPSA) is 69.8 Å². The van der Waals surface area contributed by atoms with Gasteiger partial charge in [0.2, 0.25) is 0 Å². The molecule has 98 valence electrons.